The third-order valence-electron chi connectivity index (χ3n) is 3.74. The number of hydrogen-bond acceptors (Lipinski definition) is 3. The van der Waals surface area contributed by atoms with Gasteiger partial charge in [0.05, 0.1) is 19.6 Å². The van der Waals surface area contributed by atoms with E-state index in [-0.39, 0.29) is 0 Å². The first-order valence-electron chi connectivity index (χ1n) is 6.85. The Balaban J connectivity index is 2.40. The third kappa shape index (κ3) is 3.24. The third-order valence-corrected chi connectivity index (χ3v) is 3.74. The summed E-state index contributed by atoms with van der Waals surface area (Å²) in [6.45, 7) is 1.94. The first-order chi connectivity index (χ1) is 10.1. The van der Waals surface area contributed by atoms with Crippen LogP contribution in [0.2, 0.25) is 0 Å². The lowest BCUT2D eigenvalue weighted by atomic mass is 9.78. The van der Waals surface area contributed by atoms with E-state index in [1.807, 2.05) is 55.5 Å². The molecule has 3 nitrogen and oxygen atoms in total. The topological polar surface area (TPSA) is 35.5 Å². The average Bonchev–Trinajstić information content (AvgIpc) is 2.55. The van der Waals surface area contributed by atoms with Crippen LogP contribution in [0.15, 0.2) is 48.5 Å². The molecule has 0 aromatic heterocycles. The molecule has 1 atom stereocenters. The largest absolute Gasteiger partial charge is 0.497 e. The van der Waals surface area contributed by atoms with Crippen LogP contribution in [0.3, 0.4) is 0 Å². The van der Waals surface area contributed by atoms with Crippen LogP contribution in [-0.4, -0.2) is 20.5 Å². The minimum absolute atomic E-state index is 0.556. The van der Waals surface area contributed by atoms with Gasteiger partial charge in [-0.25, -0.2) is 0 Å². The first kappa shape index (κ1) is 15.1. The quantitative estimate of drug-likeness (QED) is 0.763. The summed E-state index contributed by atoms with van der Waals surface area (Å²) in [5.41, 5.74) is 1.35. The molecule has 0 heterocycles. The molecule has 110 valence electrons. The van der Waals surface area contributed by atoms with Crippen LogP contribution >= 0.6 is 0 Å². The number of rotatable bonds is 6. The molecular formula is C18H20O3. The van der Waals surface area contributed by atoms with E-state index in [0.717, 1.165) is 28.9 Å². The fourth-order valence-corrected chi connectivity index (χ4v) is 2.45. The summed E-state index contributed by atoms with van der Waals surface area (Å²) in [7, 11) is 3.26. The zero-order valence-electron chi connectivity index (χ0n) is 12.6. The molecule has 0 N–H and O–H groups in total. The summed E-state index contributed by atoms with van der Waals surface area (Å²) in [6, 6.07) is 15.4. The van der Waals surface area contributed by atoms with Crippen molar-refractivity contribution in [2.45, 2.75) is 18.8 Å². The molecule has 2 aromatic carbocycles. The molecule has 0 fully saturated rings. The molecule has 0 spiro atoms. The van der Waals surface area contributed by atoms with E-state index in [2.05, 4.69) is 0 Å². The van der Waals surface area contributed by atoms with Gasteiger partial charge in [-0.3, -0.25) is 0 Å². The van der Waals surface area contributed by atoms with Crippen LogP contribution < -0.4 is 9.47 Å². The Labute approximate surface area is 125 Å². The number of hydrogen-bond donors (Lipinski definition) is 0. The van der Waals surface area contributed by atoms with E-state index in [1.54, 1.807) is 14.2 Å². The number of ether oxygens (including phenoxy) is 2. The molecule has 0 radical (unpaired) electrons. The summed E-state index contributed by atoms with van der Waals surface area (Å²) in [5.74, 6) is 1.52. The second-order valence-corrected chi connectivity index (χ2v) is 5.26. The smallest absolute Gasteiger partial charge is 0.130 e. The van der Waals surface area contributed by atoms with Crippen LogP contribution in [0.25, 0.3) is 0 Å². The van der Waals surface area contributed by atoms with E-state index in [1.165, 1.54) is 0 Å². The second-order valence-electron chi connectivity index (χ2n) is 5.26. The van der Waals surface area contributed by atoms with E-state index < -0.39 is 5.41 Å². The average molecular weight is 284 g/mol. The van der Waals surface area contributed by atoms with E-state index >= 15 is 0 Å². The number of aldehydes is 1. The maximum atomic E-state index is 11.7. The molecule has 3 heteroatoms. The highest BCUT2D eigenvalue weighted by Gasteiger charge is 2.28. The van der Waals surface area contributed by atoms with Crippen molar-refractivity contribution in [3.05, 3.63) is 59.7 Å². The van der Waals surface area contributed by atoms with E-state index in [4.69, 9.17) is 9.47 Å². The van der Waals surface area contributed by atoms with Gasteiger partial charge in [-0.1, -0.05) is 30.3 Å². The highest BCUT2D eigenvalue weighted by atomic mass is 16.5. The van der Waals surface area contributed by atoms with Gasteiger partial charge >= 0.3 is 0 Å². The fraction of sp³-hybridized carbons (Fsp3) is 0.278. The van der Waals surface area contributed by atoms with Gasteiger partial charge in [-0.15, -0.1) is 0 Å². The van der Waals surface area contributed by atoms with Crippen LogP contribution in [0.4, 0.5) is 0 Å². The number of methoxy groups -OCH3 is 2. The molecule has 0 aliphatic rings. The minimum atomic E-state index is -0.596. The molecule has 0 saturated heterocycles. The highest BCUT2D eigenvalue weighted by Crippen LogP contribution is 2.32. The van der Waals surface area contributed by atoms with Crippen molar-refractivity contribution in [2.24, 2.45) is 0 Å². The first-order valence-corrected chi connectivity index (χ1v) is 6.85. The zero-order valence-corrected chi connectivity index (χ0v) is 12.6. The van der Waals surface area contributed by atoms with Crippen molar-refractivity contribution in [3.63, 3.8) is 0 Å². The minimum Gasteiger partial charge on any atom is -0.497 e. The summed E-state index contributed by atoms with van der Waals surface area (Å²) in [4.78, 5) is 11.7. The molecule has 2 rings (SSSR count). The van der Waals surface area contributed by atoms with E-state index in [0.29, 0.717) is 6.42 Å². The van der Waals surface area contributed by atoms with Crippen LogP contribution in [0.1, 0.15) is 18.1 Å². The lowest BCUT2D eigenvalue weighted by molar-refractivity contribution is -0.112. The van der Waals surface area contributed by atoms with Crippen molar-refractivity contribution in [2.75, 3.05) is 14.2 Å². The Morgan fingerprint density at radius 1 is 1.05 bits per heavy atom. The molecule has 21 heavy (non-hydrogen) atoms. The number of carbonyl (C=O) groups excluding carboxylic acids is 1. The lowest BCUT2D eigenvalue weighted by Gasteiger charge is -2.25. The lowest BCUT2D eigenvalue weighted by Crippen LogP contribution is -2.27. The van der Waals surface area contributed by atoms with Crippen LogP contribution in [0, 0.1) is 0 Å². The Morgan fingerprint density at radius 3 is 2.33 bits per heavy atom. The maximum absolute atomic E-state index is 11.7. The predicted molar refractivity (Wildman–Crippen MR) is 83.1 cm³/mol. The molecule has 2 aromatic rings. The normalized spacial score (nSPS) is 13.3. The summed E-state index contributed by atoms with van der Waals surface area (Å²) < 4.78 is 10.7. The van der Waals surface area contributed by atoms with Crippen molar-refractivity contribution in [1.82, 2.24) is 0 Å². The predicted octanol–water partition coefficient (Wildman–Crippen LogP) is 3.40. The van der Waals surface area contributed by atoms with Crippen LogP contribution in [-0.2, 0) is 16.6 Å². The zero-order chi connectivity index (χ0) is 15.3. The van der Waals surface area contributed by atoms with Gasteiger partial charge < -0.3 is 14.3 Å². The van der Waals surface area contributed by atoms with Crippen molar-refractivity contribution in [1.29, 1.82) is 0 Å². The summed E-state index contributed by atoms with van der Waals surface area (Å²) >= 11 is 0. The number of carbonyl (C=O) groups is 1. The van der Waals surface area contributed by atoms with Gasteiger partial charge in [0.15, 0.2) is 0 Å². The molecule has 1 unspecified atom stereocenters. The Hall–Kier alpha value is -2.29. The van der Waals surface area contributed by atoms with Crippen molar-refractivity contribution < 1.29 is 14.3 Å². The van der Waals surface area contributed by atoms with Crippen molar-refractivity contribution >= 4 is 6.29 Å². The van der Waals surface area contributed by atoms with Crippen molar-refractivity contribution in [3.8, 4) is 11.5 Å². The Morgan fingerprint density at radius 2 is 1.76 bits per heavy atom. The summed E-state index contributed by atoms with van der Waals surface area (Å²) in [6.07, 6.45) is 1.56. The Kier molecular flexibility index (Phi) is 4.63. The van der Waals surface area contributed by atoms with E-state index in [9.17, 15) is 4.79 Å². The molecule has 0 amide bonds. The van der Waals surface area contributed by atoms with Gasteiger partial charge in [0.1, 0.15) is 17.8 Å². The molecular weight excluding hydrogens is 264 g/mol. The molecule has 0 aliphatic carbocycles. The second kappa shape index (κ2) is 6.44. The molecule has 0 saturated carbocycles. The van der Waals surface area contributed by atoms with Gasteiger partial charge in [0.25, 0.3) is 0 Å². The van der Waals surface area contributed by atoms with Gasteiger partial charge in [0, 0.05) is 0 Å². The van der Waals surface area contributed by atoms with Crippen LogP contribution in [0.5, 0.6) is 11.5 Å². The monoisotopic (exact) mass is 284 g/mol. The maximum Gasteiger partial charge on any atom is 0.130 e. The van der Waals surface area contributed by atoms with Gasteiger partial charge in [-0.05, 0) is 42.7 Å². The highest BCUT2D eigenvalue weighted by molar-refractivity contribution is 5.69. The molecule has 0 aliphatic heterocycles. The number of benzene rings is 2. The van der Waals surface area contributed by atoms with Gasteiger partial charge in [-0.2, -0.15) is 0 Å². The SMILES string of the molecule is COc1ccc(OC)c(CC(C)(C=O)c2ccccc2)c1. The standard InChI is InChI=1S/C18H20O3/c1-18(13-19,15-7-5-4-6-8-15)12-14-11-16(20-2)9-10-17(14)21-3/h4-11,13H,12H2,1-3H3. The fourth-order valence-electron chi connectivity index (χ4n) is 2.45. The van der Waals surface area contributed by atoms with Gasteiger partial charge in [0.2, 0.25) is 0 Å². The molecule has 0 bridgehead atoms. The Bertz CT molecular complexity index is 607. The summed E-state index contributed by atoms with van der Waals surface area (Å²) in [5, 5.41) is 0.